The molecule has 0 radical (unpaired) electrons. The number of hydrogen-bond donors (Lipinski definition) is 1. The Bertz CT molecular complexity index is 480. The summed E-state index contributed by atoms with van der Waals surface area (Å²) in [6, 6.07) is 8.83. The quantitative estimate of drug-likeness (QED) is 0.920. The number of hydrogen-bond acceptors (Lipinski definition) is 3. The van der Waals surface area contributed by atoms with Gasteiger partial charge in [-0.15, -0.1) is 0 Å². The van der Waals surface area contributed by atoms with E-state index in [2.05, 4.69) is 29.2 Å². The van der Waals surface area contributed by atoms with Gasteiger partial charge in [-0.3, -0.25) is 9.69 Å². The molecule has 0 bridgehead atoms. The van der Waals surface area contributed by atoms with E-state index in [0.29, 0.717) is 25.0 Å². The largest absolute Gasteiger partial charge is 0.481 e. The van der Waals surface area contributed by atoms with Gasteiger partial charge in [0.25, 0.3) is 0 Å². The number of likely N-dealkylation sites (tertiary alicyclic amines) is 1. The molecule has 1 aromatic carbocycles. The highest BCUT2D eigenvalue weighted by Gasteiger charge is 2.30. The van der Waals surface area contributed by atoms with E-state index < -0.39 is 5.97 Å². The van der Waals surface area contributed by atoms with E-state index in [9.17, 15) is 4.79 Å². The van der Waals surface area contributed by atoms with Gasteiger partial charge in [0.05, 0.1) is 19.3 Å². The normalized spacial score (nSPS) is 24.3. The number of aliphatic carboxylic acids is 1. The molecular formula is C16H21NO3. The van der Waals surface area contributed by atoms with E-state index in [1.165, 1.54) is 11.1 Å². The number of carbonyl (C=O) groups is 1. The van der Waals surface area contributed by atoms with Crippen molar-refractivity contribution in [3.8, 4) is 0 Å². The van der Waals surface area contributed by atoms with Crippen LogP contribution in [0.5, 0.6) is 0 Å². The maximum Gasteiger partial charge on any atom is 0.303 e. The second-order valence-corrected chi connectivity index (χ2v) is 5.81. The molecule has 2 aliphatic rings. The molecule has 4 nitrogen and oxygen atoms in total. The van der Waals surface area contributed by atoms with Crippen LogP contribution < -0.4 is 0 Å². The van der Waals surface area contributed by atoms with Gasteiger partial charge in [-0.05, 0) is 43.0 Å². The fourth-order valence-corrected chi connectivity index (χ4v) is 3.38. The van der Waals surface area contributed by atoms with Gasteiger partial charge < -0.3 is 9.84 Å². The van der Waals surface area contributed by atoms with Crippen LogP contribution in [0.2, 0.25) is 0 Å². The fourth-order valence-electron chi connectivity index (χ4n) is 3.38. The Morgan fingerprint density at radius 3 is 2.80 bits per heavy atom. The van der Waals surface area contributed by atoms with Crippen LogP contribution in [0.4, 0.5) is 0 Å². The third-order valence-electron chi connectivity index (χ3n) is 4.50. The number of rotatable bonds is 3. The molecule has 0 aliphatic carbocycles. The van der Waals surface area contributed by atoms with Gasteiger partial charge in [0.15, 0.2) is 0 Å². The molecule has 108 valence electrons. The molecule has 3 rings (SSSR count). The predicted octanol–water partition coefficient (Wildman–Crippen LogP) is 2.44. The van der Waals surface area contributed by atoms with Crippen LogP contribution in [0.3, 0.4) is 0 Å². The van der Waals surface area contributed by atoms with Gasteiger partial charge in [-0.25, -0.2) is 0 Å². The SMILES string of the molecule is O=C(O)CC1CCN(C2COCc3ccccc32)CC1. The maximum atomic E-state index is 10.8. The molecule has 1 unspecified atom stereocenters. The first-order valence-corrected chi connectivity index (χ1v) is 7.35. The summed E-state index contributed by atoms with van der Waals surface area (Å²) in [6.07, 6.45) is 2.27. The highest BCUT2D eigenvalue weighted by molar-refractivity contribution is 5.67. The highest BCUT2D eigenvalue weighted by atomic mass is 16.5. The Labute approximate surface area is 119 Å². The van der Waals surface area contributed by atoms with Crippen LogP contribution >= 0.6 is 0 Å². The summed E-state index contributed by atoms with van der Waals surface area (Å²) in [5, 5.41) is 8.88. The van der Waals surface area contributed by atoms with Crippen molar-refractivity contribution >= 4 is 5.97 Å². The summed E-state index contributed by atoms with van der Waals surface area (Å²) in [4.78, 5) is 13.2. The van der Waals surface area contributed by atoms with Gasteiger partial charge in [-0.1, -0.05) is 24.3 Å². The van der Waals surface area contributed by atoms with E-state index in [1.807, 2.05) is 0 Å². The average molecular weight is 275 g/mol. The molecule has 20 heavy (non-hydrogen) atoms. The van der Waals surface area contributed by atoms with Gasteiger partial charge in [0, 0.05) is 6.42 Å². The summed E-state index contributed by atoms with van der Waals surface area (Å²) < 4.78 is 5.72. The molecule has 0 saturated carbocycles. The Morgan fingerprint density at radius 2 is 2.05 bits per heavy atom. The number of ether oxygens (including phenoxy) is 1. The third kappa shape index (κ3) is 2.86. The van der Waals surface area contributed by atoms with Gasteiger partial charge in [-0.2, -0.15) is 0 Å². The molecule has 2 aliphatic heterocycles. The number of nitrogens with zero attached hydrogens (tertiary/aromatic N) is 1. The Morgan fingerprint density at radius 1 is 1.30 bits per heavy atom. The van der Waals surface area contributed by atoms with Crippen molar-refractivity contribution in [2.75, 3.05) is 19.7 Å². The smallest absolute Gasteiger partial charge is 0.303 e. The first kappa shape index (κ1) is 13.6. The van der Waals surface area contributed by atoms with E-state index in [1.54, 1.807) is 0 Å². The molecule has 1 saturated heterocycles. The third-order valence-corrected chi connectivity index (χ3v) is 4.50. The van der Waals surface area contributed by atoms with Crippen LogP contribution in [0, 0.1) is 5.92 Å². The Balaban J connectivity index is 1.66. The summed E-state index contributed by atoms with van der Waals surface area (Å²) in [5.74, 6) is -0.335. The minimum Gasteiger partial charge on any atom is -0.481 e. The zero-order chi connectivity index (χ0) is 13.9. The first-order chi connectivity index (χ1) is 9.74. The van der Waals surface area contributed by atoms with Crippen LogP contribution in [0.1, 0.15) is 36.4 Å². The van der Waals surface area contributed by atoms with Crippen LogP contribution in [-0.4, -0.2) is 35.7 Å². The van der Waals surface area contributed by atoms with E-state index in [0.717, 1.165) is 32.5 Å². The maximum absolute atomic E-state index is 10.8. The number of carboxylic acids is 1. The number of fused-ring (bicyclic) bond motifs is 1. The van der Waals surface area contributed by atoms with Gasteiger partial charge >= 0.3 is 5.97 Å². The predicted molar refractivity (Wildman–Crippen MR) is 75.4 cm³/mol. The summed E-state index contributed by atoms with van der Waals surface area (Å²) >= 11 is 0. The van der Waals surface area contributed by atoms with Crippen LogP contribution in [0.25, 0.3) is 0 Å². The summed E-state index contributed by atoms with van der Waals surface area (Å²) in [7, 11) is 0. The molecule has 2 heterocycles. The second-order valence-electron chi connectivity index (χ2n) is 5.81. The standard InChI is InChI=1S/C16H21NO3/c18-16(19)9-12-5-7-17(8-6-12)15-11-20-10-13-3-1-2-4-14(13)15/h1-4,12,15H,5-11H2,(H,18,19). The zero-order valence-electron chi connectivity index (χ0n) is 11.6. The lowest BCUT2D eigenvalue weighted by molar-refractivity contribution is -0.138. The monoisotopic (exact) mass is 275 g/mol. The molecule has 1 N–H and O–H groups in total. The van der Waals surface area contributed by atoms with Crippen molar-refractivity contribution in [2.24, 2.45) is 5.92 Å². The van der Waals surface area contributed by atoms with E-state index in [-0.39, 0.29) is 0 Å². The van der Waals surface area contributed by atoms with Gasteiger partial charge in [0.1, 0.15) is 0 Å². The lowest BCUT2D eigenvalue weighted by atomic mass is 9.90. The van der Waals surface area contributed by atoms with Crippen molar-refractivity contribution in [3.05, 3.63) is 35.4 Å². The zero-order valence-corrected chi connectivity index (χ0v) is 11.6. The molecule has 0 aromatic heterocycles. The Hall–Kier alpha value is -1.39. The summed E-state index contributed by atoms with van der Waals surface area (Å²) in [5.41, 5.74) is 2.67. The van der Waals surface area contributed by atoms with E-state index in [4.69, 9.17) is 9.84 Å². The van der Waals surface area contributed by atoms with Crippen molar-refractivity contribution in [2.45, 2.75) is 31.9 Å². The minimum absolute atomic E-state index is 0.311. The van der Waals surface area contributed by atoms with Crippen LogP contribution in [0.15, 0.2) is 24.3 Å². The average Bonchev–Trinajstić information content (AvgIpc) is 2.47. The van der Waals surface area contributed by atoms with Gasteiger partial charge in [0.2, 0.25) is 0 Å². The fraction of sp³-hybridized carbons (Fsp3) is 0.562. The molecule has 1 aromatic rings. The lowest BCUT2D eigenvalue weighted by Crippen LogP contribution is -2.40. The van der Waals surface area contributed by atoms with Crippen molar-refractivity contribution in [1.29, 1.82) is 0 Å². The highest BCUT2D eigenvalue weighted by Crippen LogP contribution is 2.33. The minimum atomic E-state index is -0.671. The first-order valence-electron chi connectivity index (χ1n) is 7.35. The lowest BCUT2D eigenvalue weighted by Gasteiger charge is -2.39. The number of piperidine rings is 1. The molecule has 1 fully saturated rings. The van der Waals surface area contributed by atoms with Crippen molar-refractivity contribution in [3.63, 3.8) is 0 Å². The molecule has 0 spiro atoms. The number of carboxylic acid groups (broad SMARTS) is 1. The van der Waals surface area contributed by atoms with E-state index >= 15 is 0 Å². The number of benzene rings is 1. The second kappa shape index (κ2) is 5.94. The molecule has 0 amide bonds. The Kier molecular flexibility index (Phi) is 4.03. The molecular weight excluding hydrogens is 254 g/mol. The van der Waals surface area contributed by atoms with Crippen molar-refractivity contribution < 1.29 is 14.6 Å². The molecule has 1 atom stereocenters. The van der Waals surface area contributed by atoms with Crippen LogP contribution in [-0.2, 0) is 16.1 Å². The van der Waals surface area contributed by atoms with Crippen molar-refractivity contribution in [1.82, 2.24) is 4.90 Å². The molecule has 4 heteroatoms. The topological polar surface area (TPSA) is 49.8 Å². The summed E-state index contributed by atoms with van der Waals surface area (Å²) in [6.45, 7) is 3.41.